The van der Waals surface area contributed by atoms with E-state index in [4.69, 9.17) is 9.84 Å². The van der Waals surface area contributed by atoms with Crippen molar-refractivity contribution in [3.05, 3.63) is 35.4 Å². The van der Waals surface area contributed by atoms with Crippen LogP contribution in [0.4, 0.5) is 4.79 Å². The molecule has 21 heavy (non-hydrogen) atoms. The fraction of sp³-hybridized carbons (Fsp3) is 0.467. The number of carboxylic acids is 1. The van der Waals surface area contributed by atoms with E-state index in [1.807, 2.05) is 25.1 Å². The average Bonchev–Trinajstić information content (AvgIpc) is 2.43. The molecule has 3 N–H and O–H groups in total. The van der Waals surface area contributed by atoms with Crippen LogP contribution in [0.1, 0.15) is 17.5 Å². The highest BCUT2D eigenvalue weighted by molar-refractivity contribution is 5.82. The van der Waals surface area contributed by atoms with E-state index in [0.717, 1.165) is 5.56 Å². The second-order valence-corrected chi connectivity index (χ2v) is 4.81. The number of carbonyl (C=O) groups excluding carboxylic acids is 1. The Kier molecular flexibility index (Phi) is 7.25. The van der Waals surface area contributed by atoms with E-state index in [2.05, 4.69) is 16.7 Å². The summed E-state index contributed by atoms with van der Waals surface area (Å²) < 4.78 is 4.82. The number of aliphatic carboxylic acids is 1. The van der Waals surface area contributed by atoms with Crippen LogP contribution in [0.3, 0.4) is 0 Å². The number of hydrogen-bond donors (Lipinski definition) is 3. The van der Waals surface area contributed by atoms with Crippen LogP contribution in [0.5, 0.6) is 0 Å². The maximum atomic E-state index is 11.7. The number of aryl methyl sites for hydroxylation is 1. The number of ether oxygens (including phenoxy) is 1. The van der Waals surface area contributed by atoms with Gasteiger partial charge in [-0.1, -0.05) is 29.8 Å². The van der Waals surface area contributed by atoms with Crippen LogP contribution in [-0.2, 0) is 16.0 Å². The second kappa shape index (κ2) is 8.97. The van der Waals surface area contributed by atoms with Gasteiger partial charge in [0.05, 0.1) is 0 Å². The molecule has 1 rings (SSSR count). The minimum atomic E-state index is -1.07. The fourth-order valence-electron chi connectivity index (χ4n) is 1.89. The van der Waals surface area contributed by atoms with Gasteiger partial charge >= 0.3 is 12.0 Å². The summed E-state index contributed by atoms with van der Waals surface area (Å²) in [6.07, 6.45) is 0.933. The third kappa shape index (κ3) is 6.76. The first kappa shape index (κ1) is 17.0. The molecule has 0 aliphatic heterocycles. The van der Waals surface area contributed by atoms with Gasteiger partial charge in [-0.25, -0.2) is 9.59 Å². The highest BCUT2D eigenvalue weighted by Crippen LogP contribution is 2.03. The SMILES string of the molecule is COCCC(NC(=O)NCCc1cccc(C)c1)C(=O)O. The molecule has 0 saturated heterocycles. The zero-order valence-electron chi connectivity index (χ0n) is 12.4. The lowest BCUT2D eigenvalue weighted by Crippen LogP contribution is -2.46. The van der Waals surface area contributed by atoms with Crippen LogP contribution in [0.2, 0.25) is 0 Å². The molecule has 1 atom stereocenters. The highest BCUT2D eigenvalue weighted by Gasteiger charge is 2.19. The molecule has 1 unspecified atom stereocenters. The van der Waals surface area contributed by atoms with Crippen molar-refractivity contribution < 1.29 is 19.4 Å². The number of urea groups is 1. The summed E-state index contributed by atoms with van der Waals surface area (Å²) in [6, 6.07) is 6.60. The number of carbonyl (C=O) groups is 2. The number of benzene rings is 1. The van der Waals surface area contributed by atoms with Gasteiger partial charge in [-0.2, -0.15) is 0 Å². The Labute approximate surface area is 124 Å². The molecule has 0 bridgehead atoms. The van der Waals surface area contributed by atoms with Crippen LogP contribution >= 0.6 is 0 Å². The van der Waals surface area contributed by atoms with Gasteiger partial charge in [-0.15, -0.1) is 0 Å². The van der Waals surface area contributed by atoms with Crippen molar-refractivity contribution in [3.8, 4) is 0 Å². The molecule has 0 aliphatic carbocycles. The van der Waals surface area contributed by atoms with Gasteiger partial charge in [0.2, 0.25) is 0 Å². The lowest BCUT2D eigenvalue weighted by molar-refractivity contribution is -0.139. The quantitative estimate of drug-likeness (QED) is 0.675. The first-order valence-corrected chi connectivity index (χ1v) is 6.84. The van der Waals surface area contributed by atoms with E-state index in [1.54, 1.807) is 0 Å². The molecule has 0 radical (unpaired) electrons. The average molecular weight is 294 g/mol. The topological polar surface area (TPSA) is 87.7 Å². The molecule has 6 heteroatoms. The Morgan fingerprint density at radius 1 is 1.38 bits per heavy atom. The van der Waals surface area contributed by atoms with Crippen LogP contribution in [-0.4, -0.2) is 43.4 Å². The van der Waals surface area contributed by atoms with E-state index >= 15 is 0 Å². The summed E-state index contributed by atoms with van der Waals surface area (Å²) in [5, 5.41) is 14.1. The van der Waals surface area contributed by atoms with Crippen molar-refractivity contribution in [2.24, 2.45) is 0 Å². The smallest absolute Gasteiger partial charge is 0.326 e. The lowest BCUT2D eigenvalue weighted by atomic mass is 10.1. The summed E-state index contributed by atoms with van der Waals surface area (Å²) in [6.45, 7) is 2.74. The predicted octanol–water partition coefficient (Wildman–Crippen LogP) is 1.33. The number of nitrogens with one attached hydrogen (secondary N) is 2. The van der Waals surface area contributed by atoms with Crippen molar-refractivity contribution in [2.75, 3.05) is 20.3 Å². The Hall–Kier alpha value is -2.08. The Bertz CT molecular complexity index is 476. The molecular weight excluding hydrogens is 272 g/mol. The fourth-order valence-corrected chi connectivity index (χ4v) is 1.89. The van der Waals surface area contributed by atoms with Crippen LogP contribution in [0.15, 0.2) is 24.3 Å². The zero-order valence-corrected chi connectivity index (χ0v) is 12.4. The predicted molar refractivity (Wildman–Crippen MR) is 79.3 cm³/mol. The largest absolute Gasteiger partial charge is 0.480 e. The molecule has 0 aliphatic rings. The van der Waals surface area contributed by atoms with Gasteiger partial charge < -0.3 is 20.5 Å². The summed E-state index contributed by atoms with van der Waals surface area (Å²) in [5.41, 5.74) is 2.30. The van der Waals surface area contributed by atoms with Gasteiger partial charge in [0.15, 0.2) is 0 Å². The van der Waals surface area contributed by atoms with Crippen molar-refractivity contribution >= 4 is 12.0 Å². The first-order valence-electron chi connectivity index (χ1n) is 6.84. The maximum Gasteiger partial charge on any atom is 0.326 e. The lowest BCUT2D eigenvalue weighted by Gasteiger charge is -2.14. The van der Waals surface area contributed by atoms with Crippen LogP contribution < -0.4 is 10.6 Å². The first-order chi connectivity index (χ1) is 10.0. The number of methoxy groups -OCH3 is 1. The zero-order chi connectivity index (χ0) is 15.7. The molecular formula is C15H22N2O4. The van der Waals surface area contributed by atoms with Crippen molar-refractivity contribution in [1.82, 2.24) is 10.6 Å². The van der Waals surface area contributed by atoms with Crippen molar-refractivity contribution in [2.45, 2.75) is 25.8 Å². The normalized spacial score (nSPS) is 11.7. The molecule has 6 nitrogen and oxygen atoms in total. The molecule has 0 spiro atoms. The molecule has 0 aromatic heterocycles. The highest BCUT2D eigenvalue weighted by atomic mass is 16.5. The monoisotopic (exact) mass is 294 g/mol. The van der Waals surface area contributed by atoms with Gasteiger partial charge in [-0.3, -0.25) is 0 Å². The number of hydrogen-bond acceptors (Lipinski definition) is 3. The summed E-state index contributed by atoms with van der Waals surface area (Å²) >= 11 is 0. The van der Waals surface area contributed by atoms with Crippen LogP contribution in [0, 0.1) is 6.92 Å². The standard InChI is InChI=1S/C15H22N2O4/c1-11-4-3-5-12(10-11)6-8-16-15(20)17-13(14(18)19)7-9-21-2/h3-5,10,13H,6-9H2,1-2H3,(H,18,19)(H2,16,17,20). The van der Waals surface area contributed by atoms with Crippen LogP contribution in [0.25, 0.3) is 0 Å². The Morgan fingerprint density at radius 3 is 2.76 bits per heavy atom. The second-order valence-electron chi connectivity index (χ2n) is 4.81. The third-order valence-corrected chi connectivity index (χ3v) is 3.00. The Morgan fingerprint density at radius 2 is 2.14 bits per heavy atom. The van der Waals surface area contributed by atoms with E-state index < -0.39 is 18.0 Å². The van der Waals surface area contributed by atoms with E-state index in [9.17, 15) is 9.59 Å². The summed E-state index contributed by atoms with van der Waals surface area (Å²) in [4.78, 5) is 22.6. The molecule has 0 fully saturated rings. The van der Waals surface area contributed by atoms with Gasteiger partial charge in [0.25, 0.3) is 0 Å². The van der Waals surface area contributed by atoms with Crippen molar-refractivity contribution in [3.63, 3.8) is 0 Å². The minimum Gasteiger partial charge on any atom is -0.480 e. The molecule has 116 valence electrons. The minimum absolute atomic E-state index is 0.233. The number of rotatable bonds is 8. The molecule has 0 heterocycles. The summed E-state index contributed by atoms with van der Waals surface area (Å²) in [5.74, 6) is -1.07. The number of amides is 2. The number of carboxylic acid groups (broad SMARTS) is 1. The molecule has 0 saturated carbocycles. The molecule has 1 aromatic rings. The van der Waals surface area contributed by atoms with Crippen molar-refractivity contribution in [1.29, 1.82) is 0 Å². The van der Waals surface area contributed by atoms with E-state index in [0.29, 0.717) is 13.0 Å². The van der Waals surface area contributed by atoms with Gasteiger partial charge in [0.1, 0.15) is 6.04 Å². The maximum absolute atomic E-state index is 11.7. The van der Waals surface area contributed by atoms with Gasteiger partial charge in [0, 0.05) is 26.7 Å². The third-order valence-electron chi connectivity index (χ3n) is 3.00. The molecule has 1 aromatic carbocycles. The van der Waals surface area contributed by atoms with Gasteiger partial charge in [-0.05, 0) is 18.9 Å². The van der Waals surface area contributed by atoms with E-state index in [-0.39, 0.29) is 13.0 Å². The van der Waals surface area contributed by atoms with E-state index in [1.165, 1.54) is 12.7 Å². The Balaban J connectivity index is 2.34. The molecule has 2 amide bonds. The summed E-state index contributed by atoms with van der Waals surface area (Å²) in [7, 11) is 1.49.